The zero-order valence-corrected chi connectivity index (χ0v) is 12.4. The van der Waals surface area contributed by atoms with Crippen LogP contribution < -0.4 is 15.4 Å². The standard InChI is InChI=1S/C14H17ClN4O2/c1-21-11-5-3-2-4-10(11)9-19(6-7-20)13-8-12(15)17-14(16)18-13/h2-5,8,20H,6-7,9H2,1H3,(H2,16,17,18). The van der Waals surface area contributed by atoms with E-state index in [9.17, 15) is 5.11 Å². The maximum Gasteiger partial charge on any atom is 0.223 e. The van der Waals surface area contributed by atoms with Gasteiger partial charge in [0.15, 0.2) is 0 Å². The van der Waals surface area contributed by atoms with Gasteiger partial charge in [0.05, 0.1) is 13.7 Å². The molecular formula is C14H17ClN4O2. The van der Waals surface area contributed by atoms with Crippen molar-refractivity contribution in [2.24, 2.45) is 0 Å². The van der Waals surface area contributed by atoms with Crippen LogP contribution >= 0.6 is 11.6 Å². The number of ether oxygens (including phenoxy) is 1. The first-order valence-electron chi connectivity index (χ1n) is 6.42. The van der Waals surface area contributed by atoms with Crippen molar-refractivity contribution in [1.29, 1.82) is 0 Å². The van der Waals surface area contributed by atoms with E-state index in [2.05, 4.69) is 9.97 Å². The maximum absolute atomic E-state index is 9.26. The molecule has 0 aliphatic rings. The highest BCUT2D eigenvalue weighted by Gasteiger charge is 2.13. The fourth-order valence-electron chi connectivity index (χ4n) is 2.02. The van der Waals surface area contributed by atoms with Crippen LogP contribution in [0.2, 0.25) is 5.15 Å². The van der Waals surface area contributed by atoms with Gasteiger partial charge in [-0.3, -0.25) is 0 Å². The van der Waals surface area contributed by atoms with Crippen LogP contribution in [-0.2, 0) is 6.54 Å². The second-order valence-corrected chi connectivity index (χ2v) is 4.75. The van der Waals surface area contributed by atoms with E-state index in [1.165, 1.54) is 0 Å². The number of anilines is 2. The minimum Gasteiger partial charge on any atom is -0.496 e. The monoisotopic (exact) mass is 308 g/mol. The van der Waals surface area contributed by atoms with E-state index in [4.69, 9.17) is 22.1 Å². The number of hydrogen-bond donors (Lipinski definition) is 2. The van der Waals surface area contributed by atoms with E-state index in [0.29, 0.717) is 18.9 Å². The molecule has 0 atom stereocenters. The van der Waals surface area contributed by atoms with Gasteiger partial charge in [-0.2, -0.15) is 4.98 Å². The van der Waals surface area contributed by atoms with E-state index in [-0.39, 0.29) is 17.7 Å². The summed E-state index contributed by atoms with van der Waals surface area (Å²) < 4.78 is 5.34. The van der Waals surface area contributed by atoms with Crippen LogP contribution in [0.3, 0.4) is 0 Å². The van der Waals surface area contributed by atoms with Gasteiger partial charge in [-0.1, -0.05) is 29.8 Å². The number of para-hydroxylation sites is 1. The van der Waals surface area contributed by atoms with Gasteiger partial charge < -0.3 is 20.5 Å². The summed E-state index contributed by atoms with van der Waals surface area (Å²) in [4.78, 5) is 9.86. The molecule has 1 aromatic heterocycles. The van der Waals surface area contributed by atoms with E-state index in [0.717, 1.165) is 11.3 Å². The number of benzene rings is 1. The van der Waals surface area contributed by atoms with Crippen LogP contribution in [0.1, 0.15) is 5.56 Å². The third-order valence-corrected chi connectivity index (χ3v) is 3.14. The highest BCUT2D eigenvalue weighted by molar-refractivity contribution is 6.29. The molecule has 0 saturated heterocycles. The van der Waals surface area contributed by atoms with Crippen molar-refractivity contribution in [3.8, 4) is 5.75 Å². The van der Waals surface area contributed by atoms with Crippen LogP contribution in [0.5, 0.6) is 5.75 Å². The first-order chi connectivity index (χ1) is 10.1. The fourth-order valence-corrected chi connectivity index (χ4v) is 2.20. The first-order valence-corrected chi connectivity index (χ1v) is 6.79. The number of aliphatic hydroxyl groups excluding tert-OH is 1. The van der Waals surface area contributed by atoms with Crippen LogP contribution in [-0.4, -0.2) is 35.3 Å². The van der Waals surface area contributed by atoms with Gasteiger partial charge in [0.25, 0.3) is 0 Å². The molecule has 0 spiro atoms. The molecule has 0 aliphatic carbocycles. The normalized spacial score (nSPS) is 10.4. The summed E-state index contributed by atoms with van der Waals surface area (Å²) in [5, 5.41) is 9.52. The Balaban J connectivity index is 2.30. The number of halogens is 1. The quantitative estimate of drug-likeness (QED) is 0.790. The third kappa shape index (κ3) is 3.96. The molecule has 21 heavy (non-hydrogen) atoms. The number of aromatic nitrogens is 2. The molecule has 0 saturated carbocycles. The van der Waals surface area contributed by atoms with E-state index in [1.807, 2.05) is 29.2 Å². The molecule has 1 heterocycles. The van der Waals surface area contributed by atoms with Gasteiger partial charge in [-0.15, -0.1) is 0 Å². The lowest BCUT2D eigenvalue weighted by atomic mass is 10.2. The number of nitrogen functional groups attached to an aromatic ring is 1. The van der Waals surface area contributed by atoms with Crippen molar-refractivity contribution in [1.82, 2.24) is 9.97 Å². The Kier molecular flexibility index (Phi) is 5.19. The SMILES string of the molecule is COc1ccccc1CN(CCO)c1cc(Cl)nc(N)n1. The number of nitrogens with zero attached hydrogens (tertiary/aromatic N) is 3. The molecule has 0 fully saturated rings. The average molecular weight is 309 g/mol. The largest absolute Gasteiger partial charge is 0.496 e. The smallest absolute Gasteiger partial charge is 0.223 e. The van der Waals surface area contributed by atoms with Crippen LogP contribution in [0.15, 0.2) is 30.3 Å². The molecule has 112 valence electrons. The topological polar surface area (TPSA) is 84.5 Å². The van der Waals surface area contributed by atoms with E-state index < -0.39 is 0 Å². The highest BCUT2D eigenvalue weighted by atomic mass is 35.5. The van der Waals surface area contributed by atoms with Crippen LogP contribution in [0, 0.1) is 0 Å². The van der Waals surface area contributed by atoms with Gasteiger partial charge in [-0.25, -0.2) is 4.98 Å². The second kappa shape index (κ2) is 7.10. The Hall–Kier alpha value is -2.05. The summed E-state index contributed by atoms with van der Waals surface area (Å²) in [7, 11) is 1.62. The minimum atomic E-state index is -0.0172. The van der Waals surface area contributed by atoms with Crippen molar-refractivity contribution >= 4 is 23.4 Å². The van der Waals surface area contributed by atoms with Gasteiger partial charge in [0, 0.05) is 24.7 Å². The third-order valence-electron chi connectivity index (χ3n) is 2.95. The molecule has 0 aliphatic heterocycles. The molecule has 1 aromatic carbocycles. The molecule has 7 heteroatoms. The van der Waals surface area contributed by atoms with E-state index in [1.54, 1.807) is 13.2 Å². The summed E-state index contributed by atoms with van der Waals surface area (Å²) in [5.41, 5.74) is 6.60. The maximum atomic E-state index is 9.26. The average Bonchev–Trinajstić information content (AvgIpc) is 2.46. The van der Waals surface area contributed by atoms with Crippen molar-refractivity contribution in [3.63, 3.8) is 0 Å². The lowest BCUT2D eigenvalue weighted by Crippen LogP contribution is -2.27. The van der Waals surface area contributed by atoms with Gasteiger partial charge >= 0.3 is 0 Å². The Morgan fingerprint density at radius 1 is 1.33 bits per heavy atom. The number of rotatable bonds is 6. The predicted molar refractivity (Wildman–Crippen MR) is 82.6 cm³/mol. The number of nitrogens with two attached hydrogens (primary N) is 1. The Bertz CT molecular complexity index is 589. The van der Waals surface area contributed by atoms with Crippen molar-refractivity contribution in [2.75, 3.05) is 30.9 Å². The van der Waals surface area contributed by atoms with Crippen molar-refractivity contribution in [2.45, 2.75) is 6.54 Å². The Morgan fingerprint density at radius 3 is 2.76 bits per heavy atom. The summed E-state index contributed by atoms with van der Waals surface area (Å²) in [6.07, 6.45) is 0. The fraction of sp³-hybridized carbons (Fsp3) is 0.286. The molecule has 6 nitrogen and oxygen atoms in total. The first kappa shape index (κ1) is 15.3. The zero-order chi connectivity index (χ0) is 15.2. The molecule has 0 bridgehead atoms. The molecule has 3 N–H and O–H groups in total. The van der Waals surface area contributed by atoms with E-state index >= 15 is 0 Å². The molecule has 0 unspecified atom stereocenters. The number of aliphatic hydroxyl groups is 1. The molecule has 2 aromatic rings. The lowest BCUT2D eigenvalue weighted by molar-refractivity contribution is 0.301. The molecule has 2 rings (SSSR count). The summed E-state index contributed by atoms with van der Waals surface area (Å²) in [6.45, 7) is 0.888. The van der Waals surface area contributed by atoms with Crippen molar-refractivity contribution in [3.05, 3.63) is 41.0 Å². The van der Waals surface area contributed by atoms with Gasteiger partial charge in [-0.05, 0) is 6.07 Å². The Labute approximate surface area is 128 Å². The van der Waals surface area contributed by atoms with Crippen LogP contribution in [0.25, 0.3) is 0 Å². The summed E-state index contributed by atoms with van der Waals surface area (Å²) in [5.74, 6) is 1.43. The molecular weight excluding hydrogens is 292 g/mol. The number of methoxy groups -OCH3 is 1. The lowest BCUT2D eigenvalue weighted by Gasteiger charge is -2.24. The predicted octanol–water partition coefficient (Wildman–Crippen LogP) is 1.72. The zero-order valence-electron chi connectivity index (χ0n) is 11.7. The second-order valence-electron chi connectivity index (χ2n) is 4.36. The Morgan fingerprint density at radius 2 is 2.10 bits per heavy atom. The molecule has 0 radical (unpaired) electrons. The number of hydrogen-bond acceptors (Lipinski definition) is 6. The molecule has 0 amide bonds. The van der Waals surface area contributed by atoms with Crippen molar-refractivity contribution < 1.29 is 9.84 Å². The van der Waals surface area contributed by atoms with Gasteiger partial charge in [0.1, 0.15) is 16.7 Å². The van der Waals surface area contributed by atoms with Gasteiger partial charge in [0.2, 0.25) is 5.95 Å². The minimum absolute atomic E-state index is 0.0172. The summed E-state index contributed by atoms with van der Waals surface area (Å²) in [6, 6.07) is 9.28. The summed E-state index contributed by atoms with van der Waals surface area (Å²) >= 11 is 5.91. The van der Waals surface area contributed by atoms with Crippen LogP contribution in [0.4, 0.5) is 11.8 Å². The highest BCUT2D eigenvalue weighted by Crippen LogP contribution is 2.23.